The number of ether oxygens (including phenoxy) is 1. The molecule has 0 radical (unpaired) electrons. The molecule has 2 aromatic heterocycles. The van der Waals surface area contributed by atoms with Crippen molar-refractivity contribution in [2.24, 2.45) is 5.10 Å². The van der Waals surface area contributed by atoms with E-state index in [-0.39, 0.29) is 17.0 Å². The first-order valence-corrected chi connectivity index (χ1v) is 14.5. The molecule has 0 aliphatic carbocycles. The van der Waals surface area contributed by atoms with Gasteiger partial charge in [-0.1, -0.05) is 41.9 Å². The van der Waals surface area contributed by atoms with E-state index < -0.39 is 5.97 Å². The van der Waals surface area contributed by atoms with Crippen LogP contribution in [0.1, 0.15) is 64.9 Å². The normalized spacial score (nSPS) is 12.2. The maximum atomic E-state index is 13.5. The minimum atomic E-state index is -0.952. The number of aromatic nitrogens is 3. The van der Waals surface area contributed by atoms with E-state index in [1.54, 1.807) is 36.5 Å². The number of carboxylic acids is 1. The summed E-state index contributed by atoms with van der Waals surface area (Å²) in [6.07, 6.45) is 2.56. The number of fused-ring (bicyclic) bond motifs is 1. The van der Waals surface area contributed by atoms with Gasteiger partial charge in [0.2, 0.25) is 0 Å². The van der Waals surface area contributed by atoms with E-state index in [1.165, 1.54) is 4.68 Å². The van der Waals surface area contributed by atoms with Crippen LogP contribution in [0.3, 0.4) is 0 Å². The van der Waals surface area contributed by atoms with E-state index in [0.717, 1.165) is 39.1 Å². The summed E-state index contributed by atoms with van der Waals surface area (Å²) < 4.78 is 10.3. The zero-order valence-corrected chi connectivity index (χ0v) is 25.4. The molecule has 0 bridgehead atoms. The van der Waals surface area contributed by atoms with Crippen LogP contribution in [-0.4, -0.2) is 31.5 Å². The molecular formula is C33H31BrN4O4. The molecular weight excluding hydrogens is 596 g/mol. The first kappa shape index (κ1) is 29.0. The zero-order valence-electron chi connectivity index (χ0n) is 23.8. The Bertz CT molecular complexity index is 1860. The van der Waals surface area contributed by atoms with Crippen LogP contribution in [0.4, 0.5) is 0 Å². The highest BCUT2D eigenvalue weighted by Crippen LogP contribution is 2.24. The molecule has 2 heterocycles. The minimum absolute atomic E-state index is 0.0557. The molecule has 1 N–H and O–H groups in total. The Morgan fingerprint density at radius 2 is 1.79 bits per heavy atom. The van der Waals surface area contributed by atoms with Gasteiger partial charge in [0.15, 0.2) is 0 Å². The number of carboxylic acid groups (broad SMARTS) is 1. The molecule has 0 aliphatic heterocycles. The number of aromatic carboxylic acids is 1. The van der Waals surface area contributed by atoms with Crippen LogP contribution in [0, 0.1) is 13.8 Å². The van der Waals surface area contributed by atoms with E-state index in [2.05, 4.69) is 32.5 Å². The lowest BCUT2D eigenvalue weighted by atomic mass is 10.1. The lowest BCUT2D eigenvalue weighted by molar-refractivity contribution is 0.0697. The molecule has 0 unspecified atom stereocenters. The van der Waals surface area contributed by atoms with Crippen molar-refractivity contribution in [1.29, 1.82) is 0 Å². The van der Waals surface area contributed by atoms with Gasteiger partial charge in [0.25, 0.3) is 5.56 Å². The second-order valence-corrected chi connectivity index (χ2v) is 11.2. The van der Waals surface area contributed by atoms with E-state index in [4.69, 9.17) is 14.8 Å². The number of nitrogens with zero attached hydrogens (tertiary/aromatic N) is 4. The van der Waals surface area contributed by atoms with Crippen molar-refractivity contribution in [2.75, 3.05) is 0 Å². The first-order chi connectivity index (χ1) is 20.2. The Morgan fingerprint density at radius 1 is 1.07 bits per heavy atom. The lowest BCUT2D eigenvalue weighted by Gasteiger charge is -2.14. The highest BCUT2D eigenvalue weighted by Gasteiger charge is 2.16. The SMILES string of the molecule is CC[C@@H](C)c1nc2ccc(Br)cc2c(=O)n1N=Cc1cc(C)n(-c2ccc(OCc3ccc(C(=O)O)cc3)cc2)c1C. The standard InChI is InChI=1S/C33H31BrN4O4/c1-5-20(2)31-36-30-15-10-26(34)17-29(30)32(39)38(31)35-18-25-16-21(3)37(22(25)4)27-11-13-28(14-12-27)42-19-23-6-8-24(9-7-23)33(40)41/h6-18,20H,5,19H2,1-4H3,(H,40,41)/t20-/m1/s1. The fraction of sp³-hybridized carbons (Fsp3) is 0.212. The second kappa shape index (κ2) is 12.2. The van der Waals surface area contributed by atoms with E-state index in [1.807, 2.05) is 63.2 Å². The van der Waals surface area contributed by atoms with Crippen molar-refractivity contribution in [3.8, 4) is 11.4 Å². The number of carbonyl (C=O) groups is 1. The summed E-state index contributed by atoms with van der Waals surface area (Å²) in [5.41, 5.74) is 5.47. The summed E-state index contributed by atoms with van der Waals surface area (Å²) >= 11 is 3.46. The van der Waals surface area contributed by atoms with Crippen LogP contribution in [0.15, 0.2) is 87.2 Å². The summed E-state index contributed by atoms with van der Waals surface area (Å²) in [7, 11) is 0. The number of hydrogen-bond donors (Lipinski definition) is 1. The lowest BCUT2D eigenvalue weighted by Crippen LogP contribution is -2.23. The van der Waals surface area contributed by atoms with E-state index >= 15 is 0 Å². The minimum Gasteiger partial charge on any atom is -0.489 e. The van der Waals surface area contributed by atoms with E-state index in [0.29, 0.717) is 29.1 Å². The fourth-order valence-corrected chi connectivity index (χ4v) is 5.18. The van der Waals surface area contributed by atoms with Crippen LogP contribution in [0.5, 0.6) is 5.75 Å². The van der Waals surface area contributed by atoms with Gasteiger partial charge in [0.1, 0.15) is 18.2 Å². The van der Waals surface area contributed by atoms with Gasteiger partial charge in [-0.25, -0.2) is 9.78 Å². The third kappa shape index (κ3) is 5.92. The van der Waals surface area contributed by atoms with Gasteiger partial charge in [0, 0.05) is 33.0 Å². The number of rotatable bonds is 9. The number of hydrogen-bond acceptors (Lipinski definition) is 5. The molecule has 0 amide bonds. The second-order valence-electron chi connectivity index (χ2n) is 10.2. The Hall–Kier alpha value is -4.50. The van der Waals surface area contributed by atoms with Gasteiger partial charge in [-0.2, -0.15) is 9.78 Å². The Labute approximate surface area is 252 Å². The van der Waals surface area contributed by atoms with Gasteiger partial charge < -0.3 is 14.4 Å². The Kier molecular flexibility index (Phi) is 8.40. The predicted molar refractivity (Wildman–Crippen MR) is 168 cm³/mol. The molecule has 1 atom stereocenters. The molecule has 5 rings (SSSR count). The summed E-state index contributed by atoms with van der Waals surface area (Å²) in [5, 5.41) is 14.2. The van der Waals surface area contributed by atoms with Gasteiger partial charge >= 0.3 is 5.97 Å². The van der Waals surface area contributed by atoms with E-state index in [9.17, 15) is 9.59 Å². The summed E-state index contributed by atoms with van der Waals surface area (Å²) in [6, 6.07) is 22.0. The molecule has 0 spiro atoms. The molecule has 8 nitrogen and oxygen atoms in total. The monoisotopic (exact) mass is 626 g/mol. The summed E-state index contributed by atoms with van der Waals surface area (Å²) in [5.74, 6) is 0.445. The number of aryl methyl sites for hydroxylation is 1. The first-order valence-electron chi connectivity index (χ1n) is 13.7. The van der Waals surface area contributed by atoms with Crippen LogP contribution in [-0.2, 0) is 6.61 Å². The van der Waals surface area contributed by atoms with Gasteiger partial charge in [-0.05, 0) is 86.5 Å². The molecule has 0 fully saturated rings. The van der Waals surface area contributed by atoms with Gasteiger partial charge in [0.05, 0.1) is 22.7 Å². The molecule has 0 saturated carbocycles. The third-order valence-electron chi connectivity index (χ3n) is 7.37. The fourth-order valence-electron chi connectivity index (χ4n) is 4.82. The van der Waals surface area contributed by atoms with Crippen molar-refractivity contribution >= 4 is 39.0 Å². The largest absolute Gasteiger partial charge is 0.489 e. The van der Waals surface area contributed by atoms with Crippen molar-refractivity contribution < 1.29 is 14.6 Å². The molecule has 9 heteroatoms. The quantitative estimate of drug-likeness (QED) is 0.174. The highest BCUT2D eigenvalue weighted by atomic mass is 79.9. The predicted octanol–water partition coefficient (Wildman–Crippen LogP) is 7.24. The Balaban J connectivity index is 1.39. The Morgan fingerprint density at radius 3 is 2.45 bits per heavy atom. The van der Waals surface area contributed by atoms with Gasteiger partial charge in [-0.15, -0.1) is 0 Å². The van der Waals surface area contributed by atoms with Crippen LogP contribution >= 0.6 is 15.9 Å². The smallest absolute Gasteiger partial charge is 0.335 e. The molecule has 214 valence electrons. The maximum absolute atomic E-state index is 13.5. The van der Waals surface area contributed by atoms with Crippen LogP contribution in [0.25, 0.3) is 16.6 Å². The topological polar surface area (TPSA) is 98.7 Å². The van der Waals surface area contributed by atoms with Crippen LogP contribution < -0.4 is 10.3 Å². The van der Waals surface area contributed by atoms with Crippen molar-refractivity contribution in [3.05, 3.63) is 122 Å². The molecule has 42 heavy (non-hydrogen) atoms. The van der Waals surface area contributed by atoms with Crippen LogP contribution in [0.2, 0.25) is 0 Å². The molecule has 0 saturated heterocycles. The average molecular weight is 628 g/mol. The van der Waals surface area contributed by atoms with Crippen molar-refractivity contribution in [1.82, 2.24) is 14.2 Å². The van der Waals surface area contributed by atoms with Gasteiger partial charge in [-0.3, -0.25) is 4.79 Å². The molecule has 3 aromatic carbocycles. The molecule has 5 aromatic rings. The maximum Gasteiger partial charge on any atom is 0.335 e. The average Bonchev–Trinajstić information content (AvgIpc) is 3.28. The summed E-state index contributed by atoms with van der Waals surface area (Å²) in [6.45, 7) is 8.50. The van der Waals surface area contributed by atoms with Crippen molar-refractivity contribution in [3.63, 3.8) is 0 Å². The zero-order chi connectivity index (χ0) is 30.0. The number of halogens is 1. The number of benzene rings is 3. The molecule has 0 aliphatic rings. The third-order valence-corrected chi connectivity index (χ3v) is 7.86. The highest BCUT2D eigenvalue weighted by molar-refractivity contribution is 9.10. The van der Waals surface area contributed by atoms with Crippen molar-refractivity contribution in [2.45, 2.75) is 46.6 Å². The summed E-state index contributed by atoms with van der Waals surface area (Å²) in [4.78, 5) is 29.3.